The maximum absolute atomic E-state index is 11.7. The highest BCUT2D eigenvalue weighted by atomic mass is 79.9. The standard InChI is InChI=1S/C14H14BrNO2/c1-14(2,3)13-16-11(12(17)18-13)8-9-4-6-10(15)7-5-9/h4-8H,1-3H3. The third-order valence-electron chi connectivity index (χ3n) is 2.44. The van der Waals surface area contributed by atoms with Crippen molar-refractivity contribution in [3.8, 4) is 0 Å². The van der Waals surface area contributed by atoms with E-state index in [1.165, 1.54) is 0 Å². The molecule has 0 amide bonds. The van der Waals surface area contributed by atoms with Crippen LogP contribution in [-0.2, 0) is 9.53 Å². The Balaban J connectivity index is 2.31. The Morgan fingerprint density at radius 3 is 2.33 bits per heavy atom. The Hall–Kier alpha value is -1.42. The molecule has 94 valence electrons. The van der Waals surface area contributed by atoms with Crippen molar-refractivity contribution >= 4 is 33.9 Å². The molecule has 0 fully saturated rings. The van der Waals surface area contributed by atoms with Crippen LogP contribution in [0.25, 0.3) is 6.08 Å². The minimum Gasteiger partial charge on any atom is -0.406 e. The smallest absolute Gasteiger partial charge is 0.363 e. The van der Waals surface area contributed by atoms with Crippen molar-refractivity contribution in [2.75, 3.05) is 0 Å². The largest absolute Gasteiger partial charge is 0.406 e. The summed E-state index contributed by atoms with van der Waals surface area (Å²) in [7, 11) is 0. The number of rotatable bonds is 1. The van der Waals surface area contributed by atoms with Gasteiger partial charge in [-0.05, 0) is 23.8 Å². The van der Waals surface area contributed by atoms with E-state index >= 15 is 0 Å². The van der Waals surface area contributed by atoms with E-state index in [9.17, 15) is 4.79 Å². The highest BCUT2D eigenvalue weighted by molar-refractivity contribution is 9.10. The predicted octanol–water partition coefficient (Wildman–Crippen LogP) is 3.79. The molecular weight excluding hydrogens is 294 g/mol. The molecule has 0 unspecified atom stereocenters. The molecule has 2 rings (SSSR count). The van der Waals surface area contributed by atoms with E-state index in [0.717, 1.165) is 10.0 Å². The summed E-state index contributed by atoms with van der Waals surface area (Å²) >= 11 is 3.37. The van der Waals surface area contributed by atoms with Crippen molar-refractivity contribution < 1.29 is 9.53 Å². The fourth-order valence-electron chi connectivity index (χ4n) is 1.45. The number of carbonyl (C=O) groups is 1. The lowest BCUT2D eigenvalue weighted by molar-refractivity contribution is -0.130. The molecule has 0 N–H and O–H groups in total. The van der Waals surface area contributed by atoms with Crippen LogP contribution in [0.1, 0.15) is 26.3 Å². The Labute approximate surface area is 115 Å². The van der Waals surface area contributed by atoms with Gasteiger partial charge < -0.3 is 4.74 Å². The number of esters is 1. The molecule has 0 spiro atoms. The molecule has 4 heteroatoms. The van der Waals surface area contributed by atoms with Gasteiger partial charge in [0.15, 0.2) is 5.70 Å². The number of carbonyl (C=O) groups excluding carboxylic acids is 1. The lowest BCUT2D eigenvalue weighted by atomic mass is 9.97. The van der Waals surface area contributed by atoms with Crippen LogP contribution >= 0.6 is 15.9 Å². The summed E-state index contributed by atoms with van der Waals surface area (Å²) in [6, 6.07) is 7.66. The Morgan fingerprint density at radius 2 is 1.83 bits per heavy atom. The molecular formula is C14H14BrNO2. The lowest BCUT2D eigenvalue weighted by Crippen LogP contribution is -2.21. The predicted molar refractivity (Wildman–Crippen MR) is 75.1 cm³/mol. The number of aliphatic imine (C=N–C) groups is 1. The van der Waals surface area contributed by atoms with Crippen molar-refractivity contribution in [2.45, 2.75) is 20.8 Å². The summed E-state index contributed by atoms with van der Waals surface area (Å²) in [6.07, 6.45) is 1.73. The molecule has 0 bridgehead atoms. The Bertz CT molecular complexity index is 536. The van der Waals surface area contributed by atoms with Gasteiger partial charge in [0.1, 0.15) is 0 Å². The second-order valence-corrected chi connectivity index (χ2v) is 6.05. The van der Waals surface area contributed by atoms with Crippen LogP contribution in [0.3, 0.4) is 0 Å². The van der Waals surface area contributed by atoms with Crippen LogP contribution in [0, 0.1) is 5.41 Å². The molecule has 1 aliphatic rings. The number of benzene rings is 1. The topological polar surface area (TPSA) is 38.7 Å². The quantitative estimate of drug-likeness (QED) is 0.585. The van der Waals surface area contributed by atoms with Crippen LogP contribution in [-0.4, -0.2) is 11.9 Å². The second-order valence-electron chi connectivity index (χ2n) is 5.14. The molecule has 0 radical (unpaired) electrons. The third kappa shape index (κ3) is 2.88. The Kier molecular flexibility index (Phi) is 3.39. The molecule has 3 nitrogen and oxygen atoms in total. The molecule has 1 aliphatic heterocycles. The van der Waals surface area contributed by atoms with Gasteiger partial charge in [-0.25, -0.2) is 9.79 Å². The molecule has 1 aromatic rings. The summed E-state index contributed by atoms with van der Waals surface area (Å²) in [6.45, 7) is 5.88. The first kappa shape index (κ1) is 13.0. The van der Waals surface area contributed by atoms with Gasteiger partial charge in [-0.15, -0.1) is 0 Å². The van der Waals surface area contributed by atoms with Crippen molar-refractivity contribution in [2.24, 2.45) is 10.4 Å². The molecule has 18 heavy (non-hydrogen) atoms. The van der Waals surface area contributed by atoms with Crippen molar-refractivity contribution in [3.05, 3.63) is 40.0 Å². The fraction of sp³-hybridized carbons (Fsp3) is 0.286. The van der Waals surface area contributed by atoms with Gasteiger partial charge in [-0.2, -0.15) is 0 Å². The van der Waals surface area contributed by atoms with Gasteiger partial charge in [0.05, 0.1) is 0 Å². The first-order valence-electron chi connectivity index (χ1n) is 5.65. The van der Waals surface area contributed by atoms with Gasteiger partial charge in [-0.3, -0.25) is 0 Å². The highest BCUT2D eigenvalue weighted by Gasteiger charge is 2.31. The fourth-order valence-corrected chi connectivity index (χ4v) is 1.71. The lowest BCUT2D eigenvalue weighted by Gasteiger charge is -2.15. The van der Waals surface area contributed by atoms with Crippen LogP contribution in [0.2, 0.25) is 0 Å². The molecule has 0 atom stereocenters. The monoisotopic (exact) mass is 307 g/mol. The Morgan fingerprint density at radius 1 is 1.22 bits per heavy atom. The highest BCUT2D eigenvalue weighted by Crippen LogP contribution is 2.25. The first-order chi connectivity index (χ1) is 8.36. The maximum Gasteiger partial charge on any atom is 0.363 e. The number of nitrogens with zero attached hydrogens (tertiary/aromatic N) is 1. The zero-order valence-electron chi connectivity index (χ0n) is 10.5. The number of ether oxygens (including phenoxy) is 1. The zero-order chi connectivity index (χ0) is 13.3. The first-order valence-corrected chi connectivity index (χ1v) is 6.44. The van der Waals surface area contributed by atoms with E-state index in [-0.39, 0.29) is 11.4 Å². The summed E-state index contributed by atoms with van der Waals surface area (Å²) in [4.78, 5) is 15.9. The molecule has 1 aromatic carbocycles. The molecule has 0 saturated carbocycles. The minimum atomic E-state index is -0.386. The van der Waals surface area contributed by atoms with E-state index in [1.54, 1.807) is 6.08 Å². The van der Waals surface area contributed by atoms with Crippen LogP contribution in [0.4, 0.5) is 0 Å². The number of halogens is 1. The minimum absolute atomic E-state index is 0.259. The van der Waals surface area contributed by atoms with Crippen LogP contribution in [0.5, 0.6) is 0 Å². The summed E-state index contributed by atoms with van der Waals surface area (Å²) in [5.41, 5.74) is 1.01. The SMILES string of the molecule is CC(C)(C)C1=NC(=Cc2ccc(Br)cc2)C(=O)O1. The third-order valence-corrected chi connectivity index (χ3v) is 2.96. The zero-order valence-corrected chi connectivity index (χ0v) is 12.1. The molecule has 1 heterocycles. The number of hydrogen-bond acceptors (Lipinski definition) is 3. The summed E-state index contributed by atoms with van der Waals surface area (Å²) in [5.74, 6) is 0.0821. The molecule has 0 saturated heterocycles. The normalized spacial score (nSPS) is 17.9. The van der Waals surface area contributed by atoms with E-state index in [1.807, 2.05) is 45.0 Å². The molecule has 0 aliphatic carbocycles. The average molecular weight is 308 g/mol. The van der Waals surface area contributed by atoms with Gasteiger partial charge in [0, 0.05) is 9.89 Å². The van der Waals surface area contributed by atoms with Gasteiger partial charge in [0.25, 0.3) is 0 Å². The second kappa shape index (κ2) is 4.69. The van der Waals surface area contributed by atoms with E-state index < -0.39 is 0 Å². The number of cyclic esters (lactones) is 1. The van der Waals surface area contributed by atoms with Crippen molar-refractivity contribution in [3.63, 3.8) is 0 Å². The van der Waals surface area contributed by atoms with Crippen LogP contribution < -0.4 is 0 Å². The maximum atomic E-state index is 11.7. The van der Waals surface area contributed by atoms with Crippen LogP contribution in [0.15, 0.2) is 39.4 Å². The van der Waals surface area contributed by atoms with Gasteiger partial charge >= 0.3 is 5.97 Å². The summed E-state index contributed by atoms with van der Waals surface area (Å²) < 4.78 is 6.17. The van der Waals surface area contributed by atoms with Gasteiger partial charge in [-0.1, -0.05) is 48.8 Å². The van der Waals surface area contributed by atoms with E-state index in [0.29, 0.717) is 11.6 Å². The van der Waals surface area contributed by atoms with Crippen molar-refractivity contribution in [1.29, 1.82) is 0 Å². The van der Waals surface area contributed by atoms with E-state index in [2.05, 4.69) is 20.9 Å². The van der Waals surface area contributed by atoms with Gasteiger partial charge in [0.2, 0.25) is 5.90 Å². The summed E-state index contributed by atoms with van der Waals surface area (Å²) in [5, 5.41) is 0. The van der Waals surface area contributed by atoms with E-state index in [4.69, 9.17) is 4.74 Å². The molecule has 0 aromatic heterocycles. The average Bonchev–Trinajstić information content (AvgIpc) is 2.63. The number of hydrogen-bond donors (Lipinski definition) is 0. The van der Waals surface area contributed by atoms with Crippen molar-refractivity contribution in [1.82, 2.24) is 0 Å².